The van der Waals surface area contributed by atoms with E-state index < -0.39 is 0 Å². The van der Waals surface area contributed by atoms with Crippen LogP contribution in [0.25, 0.3) is 0 Å². The molecule has 1 aliphatic heterocycles. The van der Waals surface area contributed by atoms with E-state index in [1.807, 2.05) is 0 Å². The van der Waals surface area contributed by atoms with Gasteiger partial charge in [0.2, 0.25) is 0 Å². The Morgan fingerprint density at radius 2 is 1.71 bits per heavy atom. The van der Waals surface area contributed by atoms with Gasteiger partial charge in [0.15, 0.2) is 0 Å². The van der Waals surface area contributed by atoms with Crippen LogP contribution < -0.4 is 0 Å². The molecular weight excluding hydrogens is 228 g/mol. The molecule has 2 rings (SSSR count). The summed E-state index contributed by atoms with van der Waals surface area (Å²) in [4.78, 5) is 2.66. The minimum atomic E-state index is -0.0821. The lowest BCUT2D eigenvalue weighted by molar-refractivity contribution is 0.142. The topological polar surface area (TPSA) is 27.0 Å². The minimum absolute atomic E-state index is 0.0821. The summed E-state index contributed by atoms with van der Waals surface area (Å²) in [5, 5.41) is 9.29. The molecule has 2 aliphatic rings. The van der Waals surface area contributed by atoms with Crippen LogP contribution in [0.4, 0.5) is 0 Å². The molecule has 3 heteroatoms. The van der Waals surface area contributed by atoms with Crippen molar-refractivity contribution in [2.45, 2.75) is 62.2 Å². The smallest absolute Gasteiger partial charge is 0.104 e. The van der Waals surface area contributed by atoms with Crippen molar-refractivity contribution < 1.29 is 0 Å². The van der Waals surface area contributed by atoms with Crippen LogP contribution in [0.3, 0.4) is 0 Å². The Hall–Kier alpha value is -0.200. The van der Waals surface area contributed by atoms with Crippen LogP contribution in [0, 0.1) is 11.3 Å². The molecule has 0 aromatic heterocycles. The SMILES string of the molecule is CSC1(C#N)CCN(C2CCCCCC2)CC1. The standard InChI is InChI=1S/C14H24N2S/c1-17-14(12-15)8-10-16(11-9-14)13-6-4-2-3-5-7-13/h13H,2-11H2,1H3. The molecule has 1 aliphatic carbocycles. The third-order valence-electron chi connectivity index (χ3n) is 4.54. The molecule has 0 aromatic rings. The van der Waals surface area contributed by atoms with Crippen molar-refractivity contribution in [1.29, 1.82) is 5.26 Å². The second-order valence-corrected chi connectivity index (χ2v) is 6.68. The van der Waals surface area contributed by atoms with Crippen molar-refractivity contribution in [3.8, 4) is 6.07 Å². The van der Waals surface area contributed by atoms with Crippen molar-refractivity contribution >= 4 is 11.8 Å². The fourth-order valence-corrected chi connectivity index (χ4v) is 3.92. The predicted molar refractivity (Wildman–Crippen MR) is 74.2 cm³/mol. The summed E-state index contributed by atoms with van der Waals surface area (Å²) in [6, 6.07) is 3.35. The van der Waals surface area contributed by atoms with Crippen LogP contribution in [0.15, 0.2) is 0 Å². The number of hydrogen-bond acceptors (Lipinski definition) is 3. The Morgan fingerprint density at radius 1 is 1.12 bits per heavy atom. The normalized spacial score (nSPS) is 27.3. The van der Waals surface area contributed by atoms with E-state index in [9.17, 15) is 5.26 Å². The number of thioether (sulfide) groups is 1. The fourth-order valence-electron chi connectivity index (χ4n) is 3.23. The van der Waals surface area contributed by atoms with Crippen LogP contribution in [0.5, 0.6) is 0 Å². The van der Waals surface area contributed by atoms with Gasteiger partial charge in [-0.15, -0.1) is 11.8 Å². The molecule has 2 fully saturated rings. The van der Waals surface area contributed by atoms with Gasteiger partial charge in [-0.3, -0.25) is 0 Å². The summed E-state index contributed by atoms with van der Waals surface area (Å²) >= 11 is 1.76. The van der Waals surface area contributed by atoms with Crippen LogP contribution in [0.2, 0.25) is 0 Å². The first-order valence-electron chi connectivity index (χ1n) is 7.00. The van der Waals surface area contributed by atoms with Crippen molar-refractivity contribution in [2.75, 3.05) is 19.3 Å². The third-order valence-corrected chi connectivity index (χ3v) is 5.82. The Morgan fingerprint density at radius 3 is 2.18 bits per heavy atom. The molecule has 2 nitrogen and oxygen atoms in total. The quantitative estimate of drug-likeness (QED) is 0.705. The van der Waals surface area contributed by atoms with Gasteiger partial charge in [0.05, 0.1) is 6.07 Å². The zero-order valence-corrected chi connectivity index (χ0v) is 11.8. The van der Waals surface area contributed by atoms with Crippen LogP contribution in [-0.2, 0) is 0 Å². The molecule has 1 saturated heterocycles. The van der Waals surface area contributed by atoms with E-state index in [4.69, 9.17) is 0 Å². The fraction of sp³-hybridized carbons (Fsp3) is 0.929. The second kappa shape index (κ2) is 6.11. The summed E-state index contributed by atoms with van der Waals surface area (Å²) in [6.07, 6.45) is 12.7. The second-order valence-electron chi connectivity index (χ2n) is 5.49. The van der Waals surface area contributed by atoms with Crippen molar-refractivity contribution in [3.05, 3.63) is 0 Å². The molecule has 0 N–H and O–H groups in total. The summed E-state index contributed by atoms with van der Waals surface area (Å²) in [7, 11) is 0. The molecule has 96 valence electrons. The molecule has 0 spiro atoms. The van der Waals surface area contributed by atoms with Crippen molar-refractivity contribution in [1.82, 2.24) is 4.90 Å². The molecule has 0 radical (unpaired) electrons. The molecular formula is C14H24N2S. The summed E-state index contributed by atoms with van der Waals surface area (Å²) in [6.45, 7) is 2.28. The highest BCUT2D eigenvalue weighted by Crippen LogP contribution is 2.35. The number of nitrogens with zero attached hydrogens (tertiary/aromatic N) is 2. The zero-order valence-electron chi connectivity index (χ0n) is 11.0. The van der Waals surface area contributed by atoms with E-state index in [1.165, 1.54) is 38.5 Å². The van der Waals surface area contributed by atoms with Gasteiger partial charge in [0.25, 0.3) is 0 Å². The van der Waals surface area contributed by atoms with E-state index in [0.717, 1.165) is 32.0 Å². The van der Waals surface area contributed by atoms with E-state index in [-0.39, 0.29) is 4.75 Å². The summed E-state index contributed by atoms with van der Waals surface area (Å²) in [5.74, 6) is 0. The maximum atomic E-state index is 9.29. The molecule has 0 amide bonds. The van der Waals surface area contributed by atoms with E-state index in [2.05, 4.69) is 17.2 Å². The number of nitriles is 1. The Kier molecular flexibility index (Phi) is 4.76. The first-order valence-corrected chi connectivity index (χ1v) is 8.22. The Balaban J connectivity index is 1.87. The summed E-state index contributed by atoms with van der Waals surface area (Å²) in [5.41, 5.74) is 0. The van der Waals surface area contributed by atoms with E-state index in [1.54, 1.807) is 11.8 Å². The van der Waals surface area contributed by atoms with Crippen LogP contribution in [-0.4, -0.2) is 35.0 Å². The lowest BCUT2D eigenvalue weighted by Gasteiger charge is -2.40. The summed E-state index contributed by atoms with van der Waals surface area (Å²) < 4.78 is -0.0821. The zero-order chi connectivity index (χ0) is 12.1. The van der Waals surface area contributed by atoms with E-state index in [0.29, 0.717) is 0 Å². The van der Waals surface area contributed by atoms with Crippen LogP contribution >= 0.6 is 11.8 Å². The maximum Gasteiger partial charge on any atom is 0.104 e. The third kappa shape index (κ3) is 3.17. The lowest BCUT2D eigenvalue weighted by atomic mass is 9.94. The van der Waals surface area contributed by atoms with Gasteiger partial charge in [-0.2, -0.15) is 5.26 Å². The van der Waals surface area contributed by atoms with Crippen molar-refractivity contribution in [2.24, 2.45) is 0 Å². The number of rotatable bonds is 2. The number of likely N-dealkylation sites (tertiary alicyclic amines) is 1. The average molecular weight is 252 g/mol. The molecule has 0 unspecified atom stereocenters. The molecule has 0 bridgehead atoms. The number of hydrogen-bond donors (Lipinski definition) is 0. The van der Waals surface area contributed by atoms with Gasteiger partial charge in [0.1, 0.15) is 4.75 Å². The van der Waals surface area contributed by atoms with Gasteiger partial charge < -0.3 is 4.90 Å². The van der Waals surface area contributed by atoms with Crippen molar-refractivity contribution in [3.63, 3.8) is 0 Å². The Bertz CT molecular complexity index is 268. The predicted octanol–water partition coefficient (Wildman–Crippen LogP) is 3.43. The largest absolute Gasteiger partial charge is 0.300 e. The molecule has 1 heterocycles. The molecule has 0 aromatic carbocycles. The molecule has 17 heavy (non-hydrogen) atoms. The van der Waals surface area contributed by atoms with E-state index >= 15 is 0 Å². The van der Waals surface area contributed by atoms with Crippen LogP contribution in [0.1, 0.15) is 51.4 Å². The first kappa shape index (κ1) is 13.2. The van der Waals surface area contributed by atoms with Gasteiger partial charge in [-0.05, 0) is 31.9 Å². The highest BCUT2D eigenvalue weighted by Gasteiger charge is 2.35. The average Bonchev–Trinajstić information content (AvgIpc) is 2.68. The van der Waals surface area contributed by atoms with Gasteiger partial charge in [-0.1, -0.05) is 25.7 Å². The van der Waals surface area contributed by atoms with Gasteiger partial charge in [-0.25, -0.2) is 0 Å². The van der Waals surface area contributed by atoms with Gasteiger partial charge >= 0.3 is 0 Å². The Labute approximate surface area is 110 Å². The number of piperidine rings is 1. The molecule has 0 atom stereocenters. The molecule has 1 saturated carbocycles. The highest BCUT2D eigenvalue weighted by molar-refractivity contribution is 8.00. The highest BCUT2D eigenvalue weighted by atomic mass is 32.2. The van der Waals surface area contributed by atoms with Gasteiger partial charge in [0, 0.05) is 19.1 Å². The first-order chi connectivity index (χ1) is 8.29. The lowest BCUT2D eigenvalue weighted by Crippen LogP contribution is -2.46. The monoisotopic (exact) mass is 252 g/mol. The minimum Gasteiger partial charge on any atom is -0.300 e. The maximum absolute atomic E-state index is 9.29.